The van der Waals surface area contributed by atoms with Crippen LogP contribution >= 0.6 is 11.9 Å². The predicted octanol–water partition coefficient (Wildman–Crippen LogP) is 6.00. The van der Waals surface area contributed by atoms with E-state index in [1.165, 1.54) is 11.9 Å². The number of nitrogens with zero attached hydrogens (tertiary/aromatic N) is 1. The van der Waals surface area contributed by atoms with Gasteiger partial charge in [0.2, 0.25) is 0 Å². The Kier molecular flexibility index (Phi) is 13.9. The summed E-state index contributed by atoms with van der Waals surface area (Å²) in [6.07, 6.45) is 1.62. The third kappa shape index (κ3) is 13.9. The van der Waals surface area contributed by atoms with Gasteiger partial charge in [0.1, 0.15) is 11.4 Å². The standard InChI is InChI=1S/C31H46N2O5S/c1-23(2)11-10-14-25(34)19-20-33(39-27-17-15-26(37-6)16-18-27)22-29(35)28(21-24-12-8-7-9-13-24)32-30(36)38-31(3,4)5/h7-9,12-13,15-18,25,28-29,34-35H,1,10-11,14,19-22H2,2-6H3,(H,32,36). The number of carbonyl (C=O) groups excluding carboxylic acids is 1. The van der Waals surface area contributed by atoms with Crippen molar-refractivity contribution < 1.29 is 24.5 Å². The maximum atomic E-state index is 12.6. The lowest BCUT2D eigenvalue weighted by Gasteiger charge is -2.31. The fourth-order valence-electron chi connectivity index (χ4n) is 3.98. The number of alkyl carbamates (subject to hydrolysis) is 1. The highest BCUT2D eigenvalue weighted by Gasteiger charge is 2.27. The van der Waals surface area contributed by atoms with Gasteiger partial charge in [0.15, 0.2) is 0 Å². The lowest BCUT2D eigenvalue weighted by Crippen LogP contribution is -2.50. The van der Waals surface area contributed by atoms with Crippen molar-refractivity contribution in [2.75, 3.05) is 20.2 Å². The number of aliphatic hydroxyl groups excluding tert-OH is 2. The molecule has 3 N–H and O–H groups in total. The monoisotopic (exact) mass is 558 g/mol. The number of nitrogens with one attached hydrogen (secondary N) is 1. The Morgan fingerprint density at radius 2 is 1.74 bits per heavy atom. The van der Waals surface area contributed by atoms with Crippen LogP contribution in [0.3, 0.4) is 0 Å². The normalized spacial score (nSPS) is 13.9. The van der Waals surface area contributed by atoms with Crippen LogP contribution in [0.4, 0.5) is 4.79 Å². The maximum Gasteiger partial charge on any atom is 0.407 e. The quantitative estimate of drug-likeness (QED) is 0.172. The summed E-state index contributed by atoms with van der Waals surface area (Å²) >= 11 is 1.51. The molecule has 0 spiro atoms. The first-order valence-corrected chi connectivity index (χ1v) is 14.3. The van der Waals surface area contributed by atoms with Crippen molar-refractivity contribution in [3.8, 4) is 5.75 Å². The summed E-state index contributed by atoms with van der Waals surface area (Å²) in [4.78, 5) is 13.6. The van der Waals surface area contributed by atoms with E-state index < -0.39 is 29.9 Å². The first-order chi connectivity index (χ1) is 18.4. The first kappa shape index (κ1) is 32.7. The molecule has 3 unspecified atom stereocenters. The highest BCUT2D eigenvalue weighted by atomic mass is 32.2. The predicted molar refractivity (Wildman–Crippen MR) is 159 cm³/mol. The van der Waals surface area contributed by atoms with Gasteiger partial charge >= 0.3 is 6.09 Å². The highest BCUT2D eigenvalue weighted by molar-refractivity contribution is 7.97. The van der Waals surface area contributed by atoms with Gasteiger partial charge < -0.3 is 25.0 Å². The molecule has 3 atom stereocenters. The van der Waals surface area contributed by atoms with Crippen LogP contribution in [-0.2, 0) is 11.2 Å². The summed E-state index contributed by atoms with van der Waals surface area (Å²) in [6.45, 7) is 12.2. The summed E-state index contributed by atoms with van der Waals surface area (Å²) in [6, 6.07) is 16.9. The number of hydrogen-bond donors (Lipinski definition) is 3. The van der Waals surface area contributed by atoms with Crippen LogP contribution in [0, 0.1) is 0 Å². The topological polar surface area (TPSA) is 91.3 Å². The van der Waals surface area contributed by atoms with Crippen LogP contribution < -0.4 is 10.1 Å². The summed E-state index contributed by atoms with van der Waals surface area (Å²) in [7, 11) is 1.63. The average molecular weight is 559 g/mol. The fourth-order valence-corrected chi connectivity index (χ4v) is 4.96. The second-order valence-electron chi connectivity index (χ2n) is 11.0. The van der Waals surface area contributed by atoms with Crippen LogP contribution in [0.1, 0.15) is 58.9 Å². The highest BCUT2D eigenvalue weighted by Crippen LogP contribution is 2.26. The molecule has 39 heavy (non-hydrogen) atoms. The van der Waals surface area contributed by atoms with E-state index in [1.807, 2.05) is 86.6 Å². The van der Waals surface area contributed by atoms with Gasteiger partial charge in [-0.25, -0.2) is 9.10 Å². The second-order valence-corrected chi connectivity index (χ2v) is 12.1. The zero-order valence-corrected chi connectivity index (χ0v) is 24.9. The van der Waals surface area contributed by atoms with Crippen molar-refractivity contribution in [1.29, 1.82) is 0 Å². The minimum absolute atomic E-state index is 0.280. The molecule has 1 amide bonds. The SMILES string of the molecule is C=C(C)CCCC(O)CCN(CC(O)C(Cc1ccccc1)NC(=O)OC(C)(C)C)Sc1ccc(OC)cc1. The van der Waals surface area contributed by atoms with E-state index in [1.54, 1.807) is 7.11 Å². The molecule has 0 heterocycles. The van der Waals surface area contributed by atoms with Gasteiger partial charge in [-0.1, -0.05) is 35.9 Å². The Labute approximate surface area is 238 Å². The molecule has 8 heteroatoms. The third-order valence-corrected chi connectivity index (χ3v) is 7.08. The number of methoxy groups -OCH3 is 1. The fraction of sp³-hybridized carbons (Fsp3) is 0.516. The molecule has 0 aliphatic rings. The zero-order chi connectivity index (χ0) is 28.8. The third-order valence-electron chi connectivity index (χ3n) is 6.00. The molecular weight excluding hydrogens is 512 g/mol. The van der Waals surface area contributed by atoms with Gasteiger partial charge in [-0.05, 0) is 102 Å². The van der Waals surface area contributed by atoms with E-state index in [2.05, 4.69) is 11.9 Å². The number of hydrogen-bond acceptors (Lipinski definition) is 7. The molecule has 0 saturated carbocycles. The van der Waals surface area contributed by atoms with E-state index in [-0.39, 0.29) is 6.54 Å². The van der Waals surface area contributed by atoms with E-state index in [0.717, 1.165) is 34.6 Å². The van der Waals surface area contributed by atoms with Gasteiger partial charge in [0, 0.05) is 18.0 Å². The van der Waals surface area contributed by atoms with Crippen molar-refractivity contribution in [3.05, 3.63) is 72.3 Å². The minimum atomic E-state index is -0.885. The van der Waals surface area contributed by atoms with Crippen molar-refractivity contribution in [1.82, 2.24) is 9.62 Å². The van der Waals surface area contributed by atoms with E-state index in [0.29, 0.717) is 25.8 Å². The van der Waals surface area contributed by atoms with Gasteiger partial charge in [-0.2, -0.15) is 0 Å². The van der Waals surface area contributed by atoms with Crippen molar-refractivity contribution >= 4 is 18.0 Å². The van der Waals surface area contributed by atoms with E-state index >= 15 is 0 Å². The molecule has 2 aromatic rings. The number of amides is 1. The van der Waals surface area contributed by atoms with Crippen molar-refractivity contribution in [2.45, 2.75) is 88.5 Å². The van der Waals surface area contributed by atoms with Crippen LogP contribution in [-0.4, -0.2) is 64.7 Å². The molecule has 0 aliphatic carbocycles. The Balaban J connectivity index is 2.15. The maximum absolute atomic E-state index is 12.6. The Bertz CT molecular complexity index is 994. The van der Waals surface area contributed by atoms with Crippen LogP contribution in [0.15, 0.2) is 71.6 Å². The summed E-state index contributed by atoms with van der Waals surface area (Å²) in [5.74, 6) is 0.767. The Morgan fingerprint density at radius 1 is 1.08 bits per heavy atom. The molecule has 0 aliphatic heterocycles. The number of benzene rings is 2. The molecule has 2 aromatic carbocycles. The van der Waals surface area contributed by atoms with Crippen LogP contribution in [0.5, 0.6) is 5.75 Å². The molecule has 2 rings (SSSR count). The number of allylic oxidation sites excluding steroid dienone is 1. The molecule has 7 nitrogen and oxygen atoms in total. The van der Waals surface area contributed by atoms with Crippen molar-refractivity contribution in [2.24, 2.45) is 0 Å². The Morgan fingerprint density at radius 3 is 2.33 bits per heavy atom. The lowest BCUT2D eigenvalue weighted by atomic mass is 10.0. The Hall–Kier alpha value is -2.52. The molecule has 0 radical (unpaired) electrons. The molecule has 0 saturated heterocycles. The number of carbonyl (C=O) groups is 1. The second kappa shape index (κ2) is 16.6. The zero-order valence-electron chi connectivity index (χ0n) is 24.1. The van der Waals surface area contributed by atoms with Gasteiger partial charge in [0.25, 0.3) is 0 Å². The lowest BCUT2D eigenvalue weighted by molar-refractivity contribution is 0.0401. The van der Waals surface area contributed by atoms with Gasteiger partial charge in [-0.15, -0.1) is 6.58 Å². The first-order valence-electron chi connectivity index (χ1n) is 13.6. The number of rotatable bonds is 16. The summed E-state index contributed by atoms with van der Waals surface area (Å²) in [5.41, 5.74) is 1.46. The molecule has 0 fully saturated rings. The summed E-state index contributed by atoms with van der Waals surface area (Å²) < 4.78 is 12.8. The van der Waals surface area contributed by atoms with Crippen LogP contribution in [0.25, 0.3) is 0 Å². The van der Waals surface area contributed by atoms with E-state index in [9.17, 15) is 15.0 Å². The molecule has 0 aromatic heterocycles. The smallest absolute Gasteiger partial charge is 0.407 e. The van der Waals surface area contributed by atoms with Gasteiger partial charge in [-0.3, -0.25) is 0 Å². The van der Waals surface area contributed by atoms with Crippen molar-refractivity contribution in [3.63, 3.8) is 0 Å². The molecular formula is C31H46N2O5S. The number of ether oxygens (including phenoxy) is 2. The van der Waals surface area contributed by atoms with E-state index in [4.69, 9.17) is 9.47 Å². The summed E-state index contributed by atoms with van der Waals surface area (Å²) in [5, 5.41) is 24.9. The van der Waals surface area contributed by atoms with Crippen LogP contribution in [0.2, 0.25) is 0 Å². The largest absolute Gasteiger partial charge is 0.497 e. The van der Waals surface area contributed by atoms with Gasteiger partial charge in [0.05, 0.1) is 25.4 Å². The molecule has 0 bridgehead atoms. The average Bonchev–Trinajstić information content (AvgIpc) is 2.86. The molecule has 216 valence electrons. The minimum Gasteiger partial charge on any atom is -0.497 e. The number of aliphatic hydroxyl groups is 2.